The third-order valence-corrected chi connectivity index (χ3v) is 3.34. The summed E-state index contributed by atoms with van der Waals surface area (Å²) in [6.07, 6.45) is 8.89. The fourth-order valence-electron chi connectivity index (χ4n) is 1.90. The van der Waals surface area contributed by atoms with Gasteiger partial charge >= 0.3 is 0 Å². The number of hydrogen-bond donors (Lipinski definition) is 1. The first-order valence-corrected chi connectivity index (χ1v) is 7.79. The molecule has 114 valence electrons. The predicted molar refractivity (Wildman–Crippen MR) is 79.9 cm³/mol. The molecule has 3 nitrogen and oxygen atoms in total. The van der Waals surface area contributed by atoms with Crippen molar-refractivity contribution in [1.82, 2.24) is 0 Å². The second kappa shape index (κ2) is 13.7. The Balaban J connectivity index is 3.46. The lowest BCUT2D eigenvalue weighted by Gasteiger charge is -2.17. The second-order valence-corrected chi connectivity index (χ2v) is 5.09. The Bertz CT molecular complexity index is 204. The molecule has 0 aromatic carbocycles. The van der Waals surface area contributed by atoms with E-state index in [-0.39, 0.29) is 6.61 Å². The summed E-state index contributed by atoms with van der Waals surface area (Å²) < 4.78 is 11.0. The van der Waals surface area contributed by atoms with E-state index >= 15 is 0 Å². The molecule has 0 aromatic rings. The molecule has 19 heavy (non-hydrogen) atoms. The van der Waals surface area contributed by atoms with E-state index in [2.05, 4.69) is 20.4 Å². The molecule has 0 saturated heterocycles. The van der Waals surface area contributed by atoms with Crippen molar-refractivity contribution in [2.75, 3.05) is 19.8 Å². The minimum atomic E-state index is 0.285. The average molecular weight is 272 g/mol. The minimum Gasteiger partial charge on any atom is -0.466 e. The highest BCUT2D eigenvalue weighted by molar-refractivity contribution is 4.69. The first-order valence-electron chi connectivity index (χ1n) is 7.79. The Hall–Kier alpha value is -0.700. The minimum absolute atomic E-state index is 0.285. The quantitative estimate of drug-likeness (QED) is 0.379. The highest BCUT2D eigenvalue weighted by atomic mass is 16.7. The van der Waals surface area contributed by atoms with Crippen molar-refractivity contribution in [2.45, 2.75) is 65.2 Å². The third-order valence-electron chi connectivity index (χ3n) is 3.34. The van der Waals surface area contributed by atoms with Gasteiger partial charge in [-0.1, -0.05) is 39.5 Å². The second-order valence-electron chi connectivity index (χ2n) is 5.09. The predicted octanol–water partition coefficient (Wildman–Crippen LogP) is 4.26. The maximum absolute atomic E-state index is 8.65. The Kier molecular flexibility index (Phi) is 13.2. The summed E-state index contributed by atoms with van der Waals surface area (Å²) in [7, 11) is 0. The molecule has 0 aliphatic carbocycles. The van der Waals surface area contributed by atoms with Gasteiger partial charge in [-0.25, -0.2) is 0 Å². The molecule has 0 bridgehead atoms. The number of unbranched alkanes of at least 4 members (excludes halogenated alkanes) is 4. The first kappa shape index (κ1) is 18.3. The van der Waals surface area contributed by atoms with Gasteiger partial charge in [0.15, 0.2) is 0 Å². The van der Waals surface area contributed by atoms with Crippen LogP contribution >= 0.6 is 0 Å². The summed E-state index contributed by atoms with van der Waals surface area (Å²) in [5.41, 5.74) is 0. The van der Waals surface area contributed by atoms with Gasteiger partial charge in [0.2, 0.25) is 0 Å². The van der Waals surface area contributed by atoms with Crippen molar-refractivity contribution >= 4 is 0 Å². The van der Waals surface area contributed by atoms with Crippen LogP contribution in [0.3, 0.4) is 0 Å². The fraction of sp³-hybridized carbons (Fsp3) is 0.875. The van der Waals surface area contributed by atoms with Crippen LogP contribution in [0.4, 0.5) is 0 Å². The summed E-state index contributed by atoms with van der Waals surface area (Å²) in [5.74, 6) is 1.07. The van der Waals surface area contributed by atoms with Crippen LogP contribution in [0.15, 0.2) is 12.5 Å². The van der Waals surface area contributed by atoms with Gasteiger partial charge in [0.25, 0.3) is 5.95 Å². The van der Waals surface area contributed by atoms with Gasteiger partial charge in [0, 0.05) is 6.61 Å². The Morgan fingerprint density at radius 1 is 1.05 bits per heavy atom. The number of rotatable bonds is 14. The van der Waals surface area contributed by atoms with Crippen molar-refractivity contribution in [2.24, 2.45) is 5.92 Å². The van der Waals surface area contributed by atoms with E-state index in [0.29, 0.717) is 18.5 Å². The SMILES string of the molecule is C=C(OCCCCCCO)OCC(CC)CCCC. The van der Waals surface area contributed by atoms with Crippen LogP contribution in [-0.4, -0.2) is 24.9 Å². The monoisotopic (exact) mass is 272 g/mol. The van der Waals surface area contributed by atoms with E-state index in [0.717, 1.165) is 38.7 Å². The van der Waals surface area contributed by atoms with Gasteiger partial charge in [0.05, 0.1) is 13.2 Å². The van der Waals surface area contributed by atoms with Crippen molar-refractivity contribution in [3.63, 3.8) is 0 Å². The van der Waals surface area contributed by atoms with Gasteiger partial charge in [-0.15, -0.1) is 0 Å². The van der Waals surface area contributed by atoms with Crippen molar-refractivity contribution in [3.05, 3.63) is 12.5 Å². The summed E-state index contributed by atoms with van der Waals surface area (Å²) >= 11 is 0. The van der Waals surface area contributed by atoms with E-state index < -0.39 is 0 Å². The normalized spacial score (nSPS) is 12.2. The summed E-state index contributed by atoms with van der Waals surface area (Å²) in [4.78, 5) is 0. The van der Waals surface area contributed by atoms with Crippen LogP contribution in [-0.2, 0) is 9.47 Å². The van der Waals surface area contributed by atoms with Gasteiger partial charge < -0.3 is 14.6 Å². The molecule has 1 N–H and O–H groups in total. The van der Waals surface area contributed by atoms with Gasteiger partial charge in [-0.2, -0.15) is 0 Å². The van der Waals surface area contributed by atoms with Crippen LogP contribution in [0.25, 0.3) is 0 Å². The third kappa shape index (κ3) is 12.1. The zero-order chi connectivity index (χ0) is 14.3. The molecule has 0 heterocycles. The smallest absolute Gasteiger partial charge is 0.271 e. The van der Waals surface area contributed by atoms with Crippen molar-refractivity contribution < 1.29 is 14.6 Å². The molecule has 0 aromatic heterocycles. The molecule has 0 spiro atoms. The molecule has 1 unspecified atom stereocenters. The van der Waals surface area contributed by atoms with Crippen LogP contribution in [0.2, 0.25) is 0 Å². The number of aliphatic hydroxyl groups is 1. The molecule has 0 amide bonds. The molecule has 0 fully saturated rings. The standard InChI is InChI=1S/C16H32O3/c1-4-6-11-16(5-2)14-19-15(3)18-13-10-8-7-9-12-17/h16-17H,3-14H2,1-2H3. The van der Waals surface area contributed by atoms with Gasteiger partial charge in [-0.05, 0) is 38.2 Å². The van der Waals surface area contributed by atoms with E-state index in [1.54, 1.807) is 0 Å². The van der Waals surface area contributed by atoms with Crippen molar-refractivity contribution in [3.8, 4) is 0 Å². The van der Waals surface area contributed by atoms with E-state index in [1.807, 2.05) is 0 Å². The number of aliphatic hydroxyl groups excluding tert-OH is 1. The molecular formula is C16H32O3. The lowest BCUT2D eigenvalue weighted by atomic mass is 10.0. The molecular weight excluding hydrogens is 240 g/mol. The molecule has 0 saturated carbocycles. The van der Waals surface area contributed by atoms with E-state index in [4.69, 9.17) is 14.6 Å². The highest BCUT2D eigenvalue weighted by Gasteiger charge is 2.07. The zero-order valence-electron chi connectivity index (χ0n) is 12.8. The van der Waals surface area contributed by atoms with Crippen molar-refractivity contribution in [1.29, 1.82) is 0 Å². The fourth-order valence-corrected chi connectivity index (χ4v) is 1.90. The summed E-state index contributed by atoms with van der Waals surface area (Å²) in [6.45, 7) is 9.88. The van der Waals surface area contributed by atoms with Crippen LogP contribution < -0.4 is 0 Å². The largest absolute Gasteiger partial charge is 0.466 e. The lowest BCUT2D eigenvalue weighted by molar-refractivity contribution is 0.0188. The zero-order valence-corrected chi connectivity index (χ0v) is 12.8. The van der Waals surface area contributed by atoms with Gasteiger partial charge in [0.1, 0.15) is 0 Å². The lowest BCUT2D eigenvalue weighted by Crippen LogP contribution is -2.10. The summed E-state index contributed by atoms with van der Waals surface area (Å²) in [6, 6.07) is 0. The van der Waals surface area contributed by atoms with Gasteiger partial charge in [-0.3, -0.25) is 0 Å². The molecule has 3 heteroatoms. The maximum Gasteiger partial charge on any atom is 0.271 e. The Morgan fingerprint density at radius 3 is 2.42 bits per heavy atom. The number of ether oxygens (including phenoxy) is 2. The first-order chi connectivity index (χ1) is 9.24. The number of hydrogen-bond acceptors (Lipinski definition) is 3. The van der Waals surface area contributed by atoms with Crippen LogP contribution in [0.5, 0.6) is 0 Å². The molecule has 0 radical (unpaired) electrons. The Morgan fingerprint density at radius 2 is 1.79 bits per heavy atom. The maximum atomic E-state index is 8.65. The molecule has 0 aliphatic heterocycles. The molecule has 1 atom stereocenters. The highest BCUT2D eigenvalue weighted by Crippen LogP contribution is 2.14. The Labute approximate surface area is 119 Å². The van der Waals surface area contributed by atoms with E-state index in [9.17, 15) is 0 Å². The average Bonchev–Trinajstić information content (AvgIpc) is 2.43. The molecule has 0 aliphatic rings. The van der Waals surface area contributed by atoms with Crippen LogP contribution in [0, 0.1) is 5.92 Å². The van der Waals surface area contributed by atoms with Crippen LogP contribution in [0.1, 0.15) is 65.2 Å². The molecule has 0 rings (SSSR count). The van der Waals surface area contributed by atoms with E-state index in [1.165, 1.54) is 19.3 Å². The summed E-state index contributed by atoms with van der Waals surface area (Å²) in [5, 5.41) is 8.65. The topological polar surface area (TPSA) is 38.7 Å².